The number of H-pyrrole nitrogens is 1. The Balaban J connectivity index is 0.00000182. The third-order valence-electron chi connectivity index (χ3n) is 4.38. The van der Waals surface area contributed by atoms with Crippen LogP contribution in [0.4, 0.5) is 11.4 Å². The molecule has 0 spiro atoms. The summed E-state index contributed by atoms with van der Waals surface area (Å²) < 4.78 is 0. The minimum absolute atomic E-state index is 0. The molecular formula is C19H18ClN3O2. The second-order valence-corrected chi connectivity index (χ2v) is 5.97. The molecule has 1 aromatic heterocycles. The summed E-state index contributed by atoms with van der Waals surface area (Å²) in [7, 11) is 0. The summed E-state index contributed by atoms with van der Waals surface area (Å²) in [5.74, 6) is 0.163. The number of benzene rings is 2. The summed E-state index contributed by atoms with van der Waals surface area (Å²) >= 11 is 0. The number of hydrogen-bond donors (Lipinski definition) is 3. The Morgan fingerprint density at radius 3 is 2.84 bits per heavy atom. The van der Waals surface area contributed by atoms with Gasteiger partial charge in [-0.25, -0.2) is 4.98 Å². The highest BCUT2D eigenvalue weighted by Gasteiger charge is 2.25. The second-order valence-electron chi connectivity index (χ2n) is 5.97. The lowest BCUT2D eigenvalue weighted by atomic mass is 9.92. The van der Waals surface area contributed by atoms with E-state index in [0.29, 0.717) is 18.5 Å². The van der Waals surface area contributed by atoms with Crippen molar-refractivity contribution in [1.29, 1.82) is 0 Å². The monoisotopic (exact) mass is 355 g/mol. The predicted octanol–water partition coefficient (Wildman–Crippen LogP) is -0.234. The van der Waals surface area contributed by atoms with Crippen molar-refractivity contribution >= 4 is 28.2 Å². The number of carbonyl (C=O) groups excluding carboxylic acids is 1. The number of anilines is 2. The average Bonchev–Trinajstić information content (AvgIpc) is 2.58. The Labute approximate surface area is 151 Å². The number of halogens is 1. The fourth-order valence-corrected chi connectivity index (χ4v) is 3.33. The molecule has 0 fully saturated rings. The molecule has 2 heterocycles. The third kappa shape index (κ3) is 2.87. The van der Waals surface area contributed by atoms with Crippen molar-refractivity contribution < 1.29 is 27.3 Å². The molecule has 0 radical (unpaired) electrons. The van der Waals surface area contributed by atoms with Gasteiger partial charge in [0.25, 0.3) is 5.52 Å². The maximum absolute atomic E-state index is 11.1. The van der Waals surface area contributed by atoms with Gasteiger partial charge in [-0.1, -0.05) is 18.2 Å². The molecule has 5 nitrogen and oxygen atoms in total. The van der Waals surface area contributed by atoms with Crippen LogP contribution in [0.2, 0.25) is 0 Å². The van der Waals surface area contributed by atoms with Gasteiger partial charge in [-0.15, -0.1) is 0 Å². The molecule has 25 heavy (non-hydrogen) atoms. The van der Waals surface area contributed by atoms with Crippen LogP contribution in [0.5, 0.6) is 5.75 Å². The molecule has 0 saturated carbocycles. The van der Waals surface area contributed by atoms with E-state index in [0.717, 1.165) is 33.5 Å². The minimum Gasteiger partial charge on any atom is -1.00 e. The number of aromatic hydroxyl groups is 1. The molecule has 0 saturated heterocycles. The first kappa shape index (κ1) is 17.0. The highest BCUT2D eigenvalue weighted by molar-refractivity contribution is 6.11. The lowest BCUT2D eigenvalue weighted by molar-refractivity contribution is -0.345. The molecular weight excluding hydrogens is 338 g/mol. The van der Waals surface area contributed by atoms with Gasteiger partial charge >= 0.3 is 0 Å². The van der Waals surface area contributed by atoms with Crippen molar-refractivity contribution in [2.45, 2.75) is 13.3 Å². The van der Waals surface area contributed by atoms with Crippen molar-refractivity contribution in [2.75, 3.05) is 11.9 Å². The highest BCUT2D eigenvalue weighted by Crippen LogP contribution is 2.46. The lowest BCUT2D eigenvalue weighted by Gasteiger charge is -2.23. The van der Waals surface area contributed by atoms with E-state index in [4.69, 9.17) is 0 Å². The van der Waals surface area contributed by atoms with Crippen LogP contribution < -0.4 is 28.0 Å². The maximum atomic E-state index is 11.1. The molecule has 128 valence electrons. The van der Waals surface area contributed by atoms with Gasteiger partial charge < -0.3 is 28.1 Å². The van der Waals surface area contributed by atoms with E-state index in [-0.39, 0.29) is 24.1 Å². The van der Waals surface area contributed by atoms with Crippen LogP contribution in [0.1, 0.15) is 12.5 Å². The summed E-state index contributed by atoms with van der Waals surface area (Å²) in [6.07, 6.45) is 2.49. The Morgan fingerprint density at radius 2 is 2.04 bits per heavy atom. The average molecular weight is 356 g/mol. The number of nitrogens with one attached hydrogen (secondary N) is 3. The molecule has 6 heteroatoms. The standard InChI is InChI=1S/C19H17N3O2.ClH/c1-11(23)20-8-6-12-10-16(24)19-17-14(7-9-21-19)13-4-2-3-5-15(13)22-18(12)17;/h2-5,7,9-10,22,24H,6,8H2,1H3,(H,20,23);1H. The first-order valence-corrected chi connectivity index (χ1v) is 7.95. The number of hydrogen-bond acceptors (Lipinski definition) is 3. The van der Waals surface area contributed by atoms with Crippen LogP contribution in [0.3, 0.4) is 0 Å². The number of para-hydroxylation sites is 1. The van der Waals surface area contributed by atoms with E-state index in [1.807, 2.05) is 30.5 Å². The third-order valence-corrected chi connectivity index (χ3v) is 4.38. The zero-order valence-corrected chi connectivity index (χ0v) is 14.4. The maximum Gasteiger partial charge on any atom is 0.255 e. The fraction of sp³-hybridized carbons (Fsp3) is 0.158. The first-order chi connectivity index (χ1) is 11.6. The van der Waals surface area contributed by atoms with Gasteiger partial charge in [0.1, 0.15) is 0 Å². The van der Waals surface area contributed by atoms with E-state index >= 15 is 0 Å². The van der Waals surface area contributed by atoms with E-state index in [2.05, 4.69) is 21.7 Å². The Hall–Kier alpha value is -2.79. The van der Waals surface area contributed by atoms with Crippen LogP contribution in [0.15, 0.2) is 42.6 Å². The Kier molecular flexibility index (Phi) is 4.51. The van der Waals surface area contributed by atoms with Crippen molar-refractivity contribution in [1.82, 2.24) is 5.32 Å². The molecule has 0 atom stereocenters. The van der Waals surface area contributed by atoms with Gasteiger partial charge in [-0.2, -0.15) is 0 Å². The van der Waals surface area contributed by atoms with Crippen molar-refractivity contribution in [3.63, 3.8) is 0 Å². The van der Waals surface area contributed by atoms with Gasteiger partial charge in [-0.05, 0) is 24.1 Å². The number of aromatic amines is 1. The molecule has 0 bridgehead atoms. The number of carbonyl (C=O) groups is 1. The molecule has 1 amide bonds. The summed E-state index contributed by atoms with van der Waals surface area (Å²) in [6, 6.07) is 11.9. The van der Waals surface area contributed by atoms with Gasteiger partial charge in [0.2, 0.25) is 5.91 Å². The number of phenolic OH excluding ortho intramolecular Hbond substituents is 1. The molecule has 2 aromatic carbocycles. The first-order valence-electron chi connectivity index (χ1n) is 7.95. The largest absolute Gasteiger partial charge is 1.00 e. The summed E-state index contributed by atoms with van der Waals surface area (Å²) in [5.41, 5.74) is 5.92. The Bertz CT molecular complexity index is 972. The molecule has 1 aliphatic rings. The number of rotatable bonds is 3. The minimum atomic E-state index is -0.0546. The van der Waals surface area contributed by atoms with Gasteiger partial charge in [0, 0.05) is 36.3 Å². The second kappa shape index (κ2) is 6.61. The topological polar surface area (TPSA) is 75.5 Å². The van der Waals surface area contributed by atoms with Crippen molar-refractivity contribution in [3.8, 4) is 16.9 Å². The van der Waals surface area contributed by atoms with Crippen LogP contribution in [0, 0.1) is 0 Å². The van der Waals surface area contributed by atoms with Crippen molar-refractivity contribution in [3.05, 3.63) is 48.2 Å². The summed E-state index contributed by atoms with van der Waals surface area (Å²) in [5, 5.41) is 17.7. The molecule has 3 aromatic rings. The SMILES string of the molecule is CC(=O)NCCc1cc(O)c2[nH+]ccc3c2c1Nc1ccccc1-3.[Cl-]. The van der Waals surface area contributed by atoms with Gasteiger partial charge in [0.15, 0.2) is 11.9 Å². The zero-order valence-electron chi connectivity index (χ0n) is 13.7. The van der Waals surface area contributed by atoms with E-state index in [1.165, 1.54) is 6.92 Å². The highest BCUT2D eigenvalue weighted by atomic mass is 35.5. The van der Waals surface area contributed by atoms with Gasteiger partial charge in [0.05, 0.1) is 11.1 Å². The molecule has 0 aliphatic carbocycles. The van der Waals surface area contributed by atoms with E-state index in [1.54, 1.807) is 6.07 Å². The number of aromatic nitrogens is 1. The van der Waals surface area contributed by atoms with Crippen LogP contribution >= 0.6 is 0 Å². The number of amides is 1. The number of pyridine rings is 1. The summed E-state index contributed by atoms with van der Waals surface area (Å²) in [4.78, 5) is 14.3. The van der Waals surface area contributed by atoms with Crippen LogP contribution in [-0.2, 0) is 11.2 Å². The van der Waals surface area contributed by atoms with Crippen LogP contribution in [0.25, 0.3) is 22.0 Å². The lowest BCUT2D eigenvalue weighted by Crippen LogP contribution is -3.00. The molecule has 4 rings (SSSR count). The fourth-order valence-electron chi connectivity index (χ4n) is 3.33. The van der Waals surface area contributed by atoms with Crippen molar-refractivity contribution in [2.24, 2.45) is 0 Å². The number of phenols is 1. The molecule has 1 aliphatic heterocycles. The smallest absolute Gasteiger partial charge is 0.255 e. The quantitative estimate of drug-likeness (QED) is 0.444. The van der Waals surface area contributed by atoms with Gasteiger partial charge in [-0.3, -0.25) is 4.79 Å². The predicted molar refractivity (Wildman–Crippen MR) is 93.3 cm³/mol. The van der Waals surface area contributed by atoms with E-state index in [9.17, 15) is 9.90 Å². The van der Waals surface area contributed by atoms with Crippen LogP contribution in [-0.4, -0.2) is 17.6 Å². The van der Waals surface area contributed by atoms with E-state index < -0.39 is 0 Å². The summed E-state index contributed by atoms with van der Waals surface area (Å²) in [6.45, 7) is 2.03. The molecule has 4 N–H and O–H groups in total. The normalized spacial score (nSPS) is 11.2. The number of fused-ring (bicyclic) bond motifs is 2. The Morgan fingerprint density at radius 1 is 1.24 bits per heavy atom. The zero-order chi connectivity index (χ0) is 16.7. The molecule has 0 unspecified atom stereocenters.